The second-order valence-electron chi connectivity index (χ2n) is 4.85. The van der Waals surface area contributed by atoms with Crippen LogP contribution in [0, 0.1) is 5.92 Å². The molecule has 1 saturated heterocycles. The zero-order chi connectivity index (χ0) is 11.1. The molecule has 0 amide bonds. The molecule has 3 nitrogen and oxygen atoms in total. The molecule has 1 rings (SSSR count). The summed E-state index contributed by atoms with van der Waals surface area (Å²) in [5.41, 5.74) is 0. The fraction of sp³-hybridized carbons (Fsp3) is 1.00. The zero-order valence-electron chi connectivity index (χ0n) is 10.5. The van der Waals surface area contributed by atoms with E-state index in [0.29, 0.717) is 6.10 Å². The lowest BCUT2D eigenvalue weighted by atomic mass is 10.2. The lowest BCUT2D eigenvalue weighted by Crippen LogP contribution is -2.47. The summed E-state index contributed by atoms with van der Waals surface area (Å²) in [6.07, 6.45) is 1.63. The van der Waals surface area contributed by atoms with Crippen molar-refractivity contribution < 1.29 is 4.74 Å². The monoisotopic (exact) mass is 214 g/mol. The quantitative estimate of drug-likeness (QED) is 0.722. The van der Waals surface area contributed by atoms with E-state index < -0.39 is 0 Å². The fourth-order valence-electron chi connectivity index (χ4n) is 1.96. The first-order valence-electron chi connectivity index (χ1n) is 6.27. The molecule has 1 aliphatic rings. The van der Waals surface area contributed by atoms with E-state index >= 15 is 0 Å². The first-order chi connectivity index (χ1) is 7.22. The molecule has 1 unspecified atom stereocenters. The number of rotatable bonds is 6. The highest BCUT2D eigenvalue weighted by molar-refractivity contribution is 4.73. The van der Waals surface area contributed by atoms with Crippen LogP contribution in [-0.4, -0.2) is 50.3 Å². The topological polar surface area (TPSA) is 24.5 Å². The number of hydrogen-bond acceptors (Lipinski definition) is 3. The summed E-state index contributed by atoms with van der Waals surface area (Å²) in [5, 5.41) is 3.47. The van der Waals surface area contributed by atoms with Crippen molar-refractivity contribution >= 4 is 0 Å². The predicted molar refractivity (Wildman–Crippen MR) is 64.2 cm³/mol. The normalized spacial score (nSPS) is 23.6. The van der Waals surface area contributed by atoms with Gasteiger partial charge in [-0.2, -0.15) is 0 Å². The zero-order valence-corrected chi connectivity index (χ0v) is 10.5. The molecule has 0 aliphatic carbocycles. The third kappa shape index (κ3) is 5.50. The number of nitrogens with zero attached hydrogens (tertiary/aromatic N) is 1. The van der Waals surface area contributed by atoms with Gasteiger partial charge in [-0.25, -0.2) is 0 Å². The standard InChI is InChI=1S/C12H26N2O/c1-4-5-14-6-7-15-12(10-14)9-13-8-11(2)3/h11-13H,4-10H2,1-3H3. The Morgan fingerprint density at radius 3 is 2.93 bits per heavy atom. The van der Waals surface area contributed by atoms with Gasteiger partial charge in [0.2, 0.25) is 0 Å². The molecule has 0 bridgehead atoms. The van der Waals surface area contributed by atoms with E-state index in [2.05, 4.69) is 31.0 Å². The predicted octanol–water partition coefficient (Wildman–Crippen LogP) is 1.34. The SMILES string of the molecule is CCCN1CCOC(CNCC(C)C)C1. The van der Waals surface area contributed by atoms with Gasteiger partial charge in [-0.3, -0.25) is 4.90 Å². The molecule has 0 radical (unpaired) electrons. The average Bonchev–Trinajstić information content (AvgIpc) is 2.18. The first-order valence-corrected chi connectivity index (χ1v) is 6.27. The van der Waals surface area contributed by atoms with E-state index in [1.54, 1.807) is 0 Å². The van der Waals surface area contributed by atoms with Gasteiger partial charge in [0.1, 0.15) is 0 Å². The van der Waals surface area contributed by atoms with Crippen molar-refractivity contribution in [1.29, 1.82) is 0 Å². The van der Waals surface area contributed by atoms with Crippen LogP contribution in [0.5, 0.6) is 0 Å². The van der Waals surface area contributed by atoms with Gasteiger partial charge in [0.15, 0.2) is 0 Å². The summed E-state index contributed by atoms with van der Waals surface area (Å²) in [6.45, 7) is 13.1. The Morgan fingerprint density at radius 2 is 2.27 bits per heavy atom. The van der Waals surface area contributed by atoms with Crippen molar-refractivity contribution in [2.75, 3.05) is 39.3 Å². The van der Waals surface area contributed by atoms with Crippen LogP contribution in [0.2, 0.25) is 0 Å². The van der Waals surface area contributed by atoms with Gasteiger partial charge in [0.05, 0.1) is 12.7 Å². The van der Waals surface area contributed by atoms with Crippen molar-refractivity contribution in [1.82, 2.24) is 10.2 Å². The van der Waals surface area contributed by atoms with Gasteiger partial charge < -0.3 is 10.1 Å². The maximum atomic E-state index is 5.73. The van der Waals surface area contributed by atoms with Crippen molar-refractivity contribution in [3.05, 3.63) is 0 Å². The van der Waals surface area contributed by atoms with E-state index in [4.69, 9.17) is 4.74 Å². The maximum Gasteiger partial charge on any atom is 0.0826 e. The molecule has 1 aliphatic heterocycles. The van der Waals surface area contributed by atoms with Crippen molar-refractivity contribution in [3.63, 3.8) is 0 Å². The third-order valence-electron chi connectivity index (χ3n) is 2.69. The molecule has 3 heteroatoms. The van der Waals surface area contributed by atoms with Gasteiger partial charge in [-0.05, 0) is 25.4 Å². The molecule has 0 aromatic rings. The minimum Gasteiger partial charge on any atom is -0.374 e. The highest BCUT2D eigenvalue weighted by atomic mass is 16.5. The van der Waals surface area contributed by atoms with E-state index in [1.807, 2.05) is 0 Å². The summed E-state index contributed by atoms with van der Waals surface area (Å²) >= 11 is 0. The van der Waals surface area contributed by atoms with Crippen LogP contribution in [0.3, 0.4) is 0 Å². The second kappa shape index (κ2) is 7.20. The van der Waals surface area contributed by atoms with Crippen LogP contribution in [0.4, 0.5) is 0 Å². The lowest BCUT2D eigenvalue weighted by Gasteiger charge is -2.32. The number of ether oxygens (including phenoxy) is 1. The largest absolute Gasteiger partial charge is 0.374 e. The highest BCUT2D eigenvalue weighted by Crippen LogP contribution is 2.05. The van der Waals surface area contributed by atoms with Gasteiger partial charge >= 0.3 is 0 Å². The Bertz CT molecular complexity index is 160. The second-order valence-corrected chi connectivity index (χ2v) is 4.85. The Kier molecular flexibility index (Phi) is 6.22. The molecular weight excluding hydrogens is 188 g/mol. The van der Waals surface area contributed by atoms with Crippen LogP contribution in [0.25, 0.3) is 0 Å². The molecule has 1 N–H and O–H groups in total. The van der Waals surface area contributed by atoms with Crippen molar-refractivity contribution in [3.8, 4) is 0 Å². The van der Waals surface area contributed by atoms with Crippen LogP contribution in [0.1, 0.15) is 27.2 Å². The van der Waals surface area contributed by atoms with Gasteiger partial charge in [0, 0.05) is 19.6 Å². The summed E-state index contributed by atoms with van der Waals surface area (Å²) in [5.74, 6) is 0.723. The van der Waals surface area contributed by atoms with Crippen LogP contribution in [0.15, 0.2) is 0 Å². The smallest absolute Gasteiger partial charge is 0.0826 e. The average molecular weight is 214 g/mol. The maximum absolute atomic E-state index is 5.73. The summed E-state index contributed by atoms with van der Waals surface area (Å²) in [6, 6.07) is 0. The van der Waals surface area contributed by atoms with E-state index in [0.717, 1.165) is 38.7 Å². The first kappa shape index (κ1) is 12.9. The molecular formula is C12H26N2O. The number of morpholine rings is 1. The summed E-state index contributed by atoms with van der Waals surface area (Å²) < 4.78 is 5.73. The molecule has 0 saturated carbocycles. The highest BCUT2D eigenvalue weighted by Gasteiger charge is 2.19. The van der Waals surface area contributed by atoms with E-state index in [1.165, 1.54) is 13.0 Å². The number of nitrogens with one attached hydrogen (secondary N) is 1. The summed E-state index contributed by atoms with van der Waals surface area (Å²) in [4.78, 5) is 2.51. The Hall–Kier alpha value is -0.120. The Morgan fingerprint density at radius 1 is 1.47 bits per heavy atom. The van der Waals surface area contributed by atoms with Gasteiger partial charge in [-0.15, -0.1) is 0 Å². The molecule has 0 aromatic heterocycles. The molecule has 1 heterocycles. The van der Waals surface area contributed by atoms with Crippen LogP contribution < -0.4 is 5.32 Å². The molecule has 1 fully saturated rings. The van der Waals surface area contributed by atoms with Crippen molar-refractivity contribution in [2.24, 2.45) is 5.92 Å². The van der Waals surface area contributed by atoms with Crippen LogP contribution >= 0.6 is 0 Å². The fourth-order valence-corrected chi connectivity index (χ4v) is 1.96. The Labute approximate surface area is 94.2 Å². The summed E-state index contributed by atoms with van der Waals surface area (Å²) in [7, 11) is 0. The van der Waals surface area contributed by atoms with Crippen LogP contribution in [-0.2, 0) is 4.74 Å². The lowest BCUT2D eigenvalue weighted by molar-refractivity contribution is -0.0270. The van der Waals surface area contributed by atoms with Gasteiger partial charge in [-0.1, -0.05) is 20.8 Å². The number of hydrogen-bond donors (Lipinski definition) is 1. The molecule has 15 heavy (non-hydrogen) atoms. The van der Waals surface area contributed by atoms with Gasteiger partial charge in [0.25, 0.3) is 0 Å². The third-order valence-corrected chi connectivity index (χ3v) is 2.69. The molecule has 1 atom stereocenters. The molecule has 0 spiro atoms. The van der Waals surface area contributed by atoms with E-state index in [-0.39, 0.29) is 0 Å². The molecule has 90 valence electrons. The van der Waals surface area contributed by atoms with Crippen molar-refractivity contribution in [2.45, 2.75) is 33.3 Å². The van der Waals surface area contributed by atoms with E-state index in [9.17, 15) is 0 Å². The molecule has 0 aromatic carbocycles. The minimum absolute atomic E-state index is 0.393. The minimum atomic E-state index is 0.393. The Balaban J connectivity index is 2.12.